The van der Waals surface area contributed by atoms with Crippen molar-refractivity contribution in [1.82, 2.24) is 10.2 Å². The van der Waals surface area contributed by atoms with E-state index >= 15 is 0 Å². The van der Waals surface area contributed by atoms with Crippen molar-refractivity contribution < 1.29 is 8.83 Å². The summed E-state index contributed by atoms with van der Waals surface area (Å²) in [5, 5.41) is 3.55. The van der Waals surface area contributed by atoms with Crippen LogP contribution in [0.25, 0.3) is 0 Å². The molecule has 2 aromatic heterocycles. The number of rotatable bonds is 6. The molecule has 0 aromatic carbocycles. The minimum absolute atomic E-state index is 0.213. The standard InChI is InChI=1S/C16H22N2O2/c1-13(15-6-4-10-19-15)17-12-14(16-7-5-11-20-16)18-8-2-3-9-18/h4-7,10-11,13-14,17H,2-3,8-9,12H2,1H3. The fourth-order valence-electron chi connectivity index (χ4n) is 2.87. The van der Waals surface area contributed by atoms with E-state index < -0.39 is 0 Å². The molecule has 3 heterocycles. The molecule has 0 bridgehead atoms. The van der Waals surface area contributed by atoms with Gasteiger partial charge >= 0.3 is 0 Å². The molecule has 1 aliphatic rings. The maximum absolute atomic E-state index is 5.63. The van der Waals surface area contributed by atoms with Gasteiger partial charge in [0.25, 0.3) is 0 Å². The summed E-state index contributed by atoms with van der Waals surface area (Å²) in [6.07, 6.45) is 6.04. The van der Waals surface area contributed by atoms with E-state index in [1.54, 1.807) is 12.5 Å². The molecule has 20 heavy (non-hydrogen) atoms. The Balaban J connectivity index is 1.64. The quantitative estimate of drug-likeness (QED) is 0.877. The molecule has 1 saturated heterocycles. The number of nitrogens with one attached hydrogen (secondary N) is 1. The number of likely N-dealkylation sites (tertiary alicyclic amines) is 1. The maximum atomic E-state index is 5.63. The van der Waals surface area contributed by atoms with E-state index in [1.807, 2.05) is 18.2 Å². The van der Waals surface area contributed by atoms with Crippen LogP contribution in [-0.2, 0) is 0 Å². The summed E-state index contributed by atoms with van der Waals surface area (Å²) in [5.41, 5.74) is 0. The minimum atomic E-state index is 0.213. The van der Waals surface area contributed by atoms with E-state index in [-0.39, 0.29) is 6.04 Å². The van der Waals surface area contributed by atoms with Gasteiger partial charge in [-0.25, -0.2) is 0 Å². The Labute approximate surface area is 119 Å². The maximum Gasteiger partial charge on any atom is 0.122 e. The Morgan fingerprint density at radius 1 is 1.10 bits per heavy atom. The highest BCUT2D eigenvalue weighted by Crippen LogP contribution is 2.25. The molecule has 4 heteroatoms. The molecule has 2 atom stereocenters. The largest absolute Gasteiger partial charge is 0.468 e. The number of hydrogen-bond acceptors (Lipinski definition) is 4. The highest BCUT2D eigenvalue weighted by molar-refractivity contribution is 5.08. The predicted molar refractivity (Wildman–Crippen MR) is 77.4 cm³/mol. The van der Waals surface area contributed by atoms with Gasteiger partial charge in [-0.15, -0.1) is 0 Å². The highest BCUT2D eigenvalue weighted by atomic mass is 16.3. The first-order chi connectivity index (χ1) is 9.84. The van der Waals surface area contributed by atoms with Crippen LogP contribution in [-0.4, -0.2) is 24.5 Å². The van der Waals surface area contributed by atoms with Crippen molar-refractivity contribution in [2.45, 2.75) is 31.8 Å². The summed E-state index contributed by atoms with van der Waals surface area (Å²) in [6.45, 7) is 5.31. The van der Waals surface area contributed by atoms with E-state index in [2.05, 4.69) is 23.2 Å². The second-order valence-electron chi connectivity index (χ2n) is 5.42. The van der Waals surface area contributed by atoms with Gasteiger partial charge in [-0.1, -0.05) is 0 Å². The van der Waals surface area contributed by atoms with Crippen LogP contribution in [0, 0.1) is 0 Å². The van der Waals surface area contributed by atoms with Crippen molar-refractivity contribution in [3.8, 4) is 0 Å². The normalized spacial score (nSPS) is 19.2. The minimum Gasteiger partial charge on any atom is -0.468 e. The molecule has 1 aliphatic heterocycles. The summed E-state index contributed by atoms with van der Waals surface area (Å²) < 4.78 is 11.1. The van der Waals surface area contributed by atoms with Crippen molar-refractivity contribution >= 4 is 0 Å². The molecule has 0 amide bonds. The average molecular weight is 274 g/mol. The Hall–Kier alpha value is -1.52. The fourth-order valence-corrected chi connectivity index (χ4v) is 2.87. The lowest BCUT2D eigenvalue weighted by Crippen LogP contribution is -2.34. The highest BCUT2D eigenvalue weighted by Gasteiger charge is 2.26. The first kappa shape index (κ1) is 13.5. The van der Waals surface area contributed by atoms with Gasteiger partial charge in [-0.2, -0.15) is 0 Å². The molecule has 4 nitrogen and oxygen atoms in total. The van der Waals surface area contributed by atoms with Crippen molar-refractivity contribution in [2.24, 2.45) is 0 Å². The van der Waals surface area contributed by atoms with E-state index in [4.69, 9.17) is 8.83 Å². The molecule has 0 spiro atoms. The van der Waals surface area contributed by atoms with E-state index in [0.717, 1.165) is 31.2 Å². The monoisotopic (exact) mass is 274 g/mol. The van der Waals surface area contributed by atoms with Gasteiger partial charge in [0, 0.05) is 6.54 Å². The molecule has 3 rings (SSSR count). The Morgan fingerprint density at radius 3 is 2.35 bits per heavy atom. The first-order valence-electron chi connectivity index (χ1n) is 7.39. The molecule has 0 aliphatic carbocycles. The molecular weight excluding hydrogens is 252 g/mol. The Morgan fingerprint density at radius 2 is 1.75 bits per heavy atom. The molecule has 1 fully saturated rings. The second-order valence-corrected chi connectivity index (χ2v) is 5.42. The van der Waals surface area contributed by atoms with Gasteiger partial charge in [0.2, 0.25) is 0 Å². The summed E-state index contributed by atoms with van der Waals surface area (Å²) in [7, 11) is 0. The van der Waals surface area contributed by atoms with Gasteiger partial charge in [0.05, 0.1) is 24.6 Å². The number of furan rings is 2. The molecule has 1 N–H and O–H groups in total. The summed E-state index contributed by atoms with van der Waals surface area (Å²) in [5.74, 6) is 2.02. The molecule has 108 valence electrons. The fraction of sp³-hybridized carbons (Fsp3) is 0.500. The lowest BCUT2D eigenvalue weighted by atomic mass is 10.1. The lowest BCUT2D eigenvalue weighted by Gasteiger charge is -2.27. The number of hydrogen-bond donors (Lipinski definition) is 1. The van der Waals surface area contributed by atoms with Gasteiger partial charge in [-0.05, 0) is 57.1 Å². The third-order valence-corrected chi connectivity index (χ3v) is 4.04. The third-order valence-electron chi connectivity index (χ3n) is 4.04. The second kappa shape index (κ2) is 6.29. The van der Waals surface area contributed by atoms with Gasteiger partial charge in [-0.3, -0.25) is 4.90 Å². The van der Waals surface area contributed by atoms with Crippen LogP contribution in [0.4, 0.5) is 0 Å². The lowest BCUT2D eigenvalue weighted by molar-refractivity contribution is 0.203. The van der Waals surface area contributed by atoms with Gasteiger partial charge < -0.3 is 14.2 Å². The van der Waals surface area contributed by atoms with E-state index in [0.29, 0.717) is 6.04 Å². The Kier molecular flexibility index (Phi) is 4.23. The number of nitrogens with zero attached hydrogens (tertiary/aromatic N) is 1. The third kappa shape index (κ3) is 2.97. The average Bonchev–Trinajstić information content (AvgIpc) is 3.22. The van der Waals surface area contributed by atoms with Crippen LogP contribution in [0.5, 0.6) is 0 Å². The zero-order valence-corrected chi connectivity index (χ0v) is 11.9. The van der Waals surface area contributed by atoms with Crippen LogP contribution in [0.3, 0.4) is 0 Å². The van der Waals surface area contributed by atoms with Crippen molar-refractivity contribution in [3.05, 3.63) is 48.3 Å². The van der Waals surface area contributed by atoms with Crippen LogP contribution >= 0.6 is 0 Å². The van der Waals surface area contributed by atoms with Crippen molar-refractivity contribution in [1.29, 1.82) is 0 Å². The van der Waals surface area contributed by atoms with E-state index in [1.165, 1.54) is 12.8 Å². The molecular formula is C16H22N2O2. The van der Waals surface area contributed by atoms with Crippen LogP contribution in [0.15, 0.2) is 45.6 Å². The summed E-state index contributed by atoms with van der Waals surface area (Å²) in [6, 6.07) is 8.50. The van der Waals surface area contributed by atoms with Crippen molar-refractivity contribution in [2.75, 3.05) is 19.6 Å². The zero-order chi connectivity index (χ0) is 13.8. The summed E-state index contributed by atoms with van der Waals surface area (Å²) >= 11 is 0. The molecule has 0 saturated carbocycles. The summed E-state index contributed by atoms with van der Waals surface area (Å²) in [4.78, 5) is 2.50. The van der Waals surface area contributed by atoms with Gasteiger partial charge in [0.1, 0.15) is 11.5 Å². The molecule has 0 radical (unpaired) electrons. The van der Waals surface area contributed by atoms with E-state index in [9.17, 15) is 0 Å². The first-order valence-corrected chi connectivity index (χ1v) is 7.39. The topological polar surface area (TPSA) is 41.6 Å². The predicted octanol–water partition coefficient (Wildman–Crippen LogP) is 3.36. The van der Waals surface area contributed by atoms with Crippen molar-refractivity contribution in [3.63, 3.8) is 0 Å². The van der Waals surface area contributed by atoms with Gasteiger partial charge in [0.15, 0.2) is 0 Å². The molecule has 2 aromatic rings. The van der Waals surface area contributed by atoms with Crippen LogP contribution in [0.1, 0.15) is 43.4 Å². The SMILES string of the molecule is CC(NCC(c1ccco1)N1CCCC1)c1ccco1. The van der Waals surface area contributed by atoms with Crippen LogP contribution in [0.2, 0.25) is 0 Å². The Bertz CT molecular complexity index is 487. The molecule has 2 unspecified atom stereocenters. The smallest absolute Gasteiger partial charge is 0.122 e. The van der Waals surface area contributed by atoms with Crippen LogP contribution < -0.4 is 5.32 Å². The zero-order valence-electron chi connectivity index (χ0n) is 11.9.